The molecule has 0 unspecified atom stereocenters. The number of hydrogen-bond donors (Lipinski definition) is 0. The predicted molar refractivity (Wildman–Crippen MR) is 64.8 cm³/mol. The Bertz CT molecular complexity index is 461. The maximum atomic E-state index is 5.64. The lowest BCUT2D eigenvalue weighted by Crippen LogP contribution is -1.96. The Hall–Kier alpha value is -1.78. The zero-order valence-corrected chi connectivity index (χ0v) is 10.3. The largest absolute Gasteiger partial charge is 0.485 e. The Morgan fingerprint density at radius 3 is 2.65 bits per heavy atom. The number of aryl methyl sites for hydroxylation is 2. The van der Waals surface area contributed by atoms with Crippen LogP contribution in [0.3, 0.4) is 0 Å². The molecule has 5 heteroatoms. The van der Waals surface area contributed by atoms with Crippen molar-refractivity contribution in [1.82, 2.24) is 19.6 Å². The summed E-state index contributed by atoms with van der Waals surface area (Å²) in [5.74, 6) is 0.808. The fourth-order valence-corrected chi connectivity index (χ4v) is 1.59. The molecular formula is C12H18N4O. The molecule has 17 heavy (non-hydrogen) atoms. The topological polar surface area (TPSA) is 44.9 Å². The maximum Gasteiger partial charge on any atom is 0.157 e. The quantitative estimate of drug-likeness (QED) is 0.768. The van der Waals surface area contributed by atoms with Gasteiger partial charge in [0.25, 0.3) is 0 Å². The summed E-state index contributed by atoms with van der Waals surface area (Å²) in [5.41, 5.74) is 1.08. The average molecular weight is 234 g/mol. The lowest BCUT2D eigenvalue weighted by Gasteiger charge is -2.00. The second-order valence-corrected chi connectivity index (χ2v) is 3.93. The van der Waals surface area contributed by atoms with Gasteiger partial charge in [0.2, 0.25) is 0 Å². The van der Waals surface area contributed by atoms with Crippen LogP contribution in [0.25, 0.3) is 0 Å². The summed E-state index contributed by atoms with van der Waals surface area (Å²) in [5, 5.41) is 8.41. The van der Waals surface area contributed by atoms with Crippen molar-refractivity contribution in [2.24, 2.45) is 0 Å². The van der Waals surface area contributed by atoms with Crippen molar-refractivity contribution < 1.29 is 4.74 Å². The standard InChI is InChI=1S/C12H18N4O/c1-3-5-16-9-12(7-14-16)17-10-11-6-13-15(4-2)8-11/h6-9H,3-5,10H2,1-2H3. The predicted octanol–water partition coefficient (Wildman–Crippen LogP) is 2.09. The van der Waals surface area contributed by atoms with Gasteiger partial charge in [-0.2, -0.15) is 10.2 Å². The molecule has 0 fully saturated rings. The fourth-order valence-electron chi connectivity index (χ4n) is 1.59. The smallest absolute Gasteiger partial charge is 0.157 e. The van der Waals surface area contributed by atoms with Gasteiger partial charge in [-0.1, -0.05) is 6.92 Å². The van der Waals surface area contributed by atoms with E-state index in [9.17, 15) is 0 Å². The molecule has 0 aliphatic heterocycles. The molecule has 0 spiro atoms. The molecule has 0 atom stereocenters. The Morgan fingerprint density at radius 2 is 1.94 bits per heavy atom. The average Bonchev–Trinajstić information content (AvgIpc) is 2.95. The summed E-state index contributed by atoms with van der Waals surface area (Å²) in [6.45, 7) is 6.54. The molecule has 0 radical (unpaired) electrons. The highest BCUT2D eigenvalue weighted by molar-refractivity contribution is 5.13. The number of ether oxygens (including phenoxy) is 1. The van der Waals surface area contributed by atoms with Gasteiger partial charge in [-0.15, -0.1) is 0 Å². The molecule has 0 amide bonds. The van der Waals surface area contributed by atoms with E-state index < -0.39 is 0 Å². The van der Waals surface area contributed by atoms with Crippen LogP contribution >= 0.6 is 0 Å². The Morgan fingerprint density at radius 1 is 1.12 bits per heavy atom. The van der Waals surface area contributed by atoms with Crippen LogP contribution in [0, 0.1) is 0 Å². The molecular weight excluding hydrogens is 216 g/mol. The zero-order chi connectivity index (χ0) is 12.1. The van der Waals surface area contributed by atoms with Crippen LogP contribution in [-0.2, 0) is 19.7 Å². The molecule has 0 saturated heterocycles. The van der Waals surface area contributed by atoms with Gasteiger partial charge in [0.15, 0.2) is 5.75 Å². The minimum atomic E-state index is 0.540. The molecule has 0 N–H and O–H groups in total. The van der Waals surface area contributed by atoms with E-state index in [1.165, 1.54) is 0 Å². The molecule has 0 bridgehead atoms. The first kappa shape index (κ1) is 11.7. The van der Waals surface area contributed by atoms with Crippen molar-refractivity contribution in [3.63, 3.8) is 0 Å². The molecule has 92 valence electrons. The fraction of sp³-hybridized carbons (Fsp3) is 0.500. The van der Waals surface area contributed by atoms with Gasteiger partial charge in [-0.05, 0) is 13.3 Å². The summed E-state index contributed by atoms with van der Waals surface area (Å²) >= 11 is 0. The summed E-state index contributed by atoms with van der Waals surface area (Å²) < 4.78 is 9.42. The van der Waals surface area contributed by atoms with Crippen LogP contribution in [0.2, 0.25) is 0 Å². The van der Waals surface area contributed by atoms with Gasteiger partial charge in [-0.3, -0.25) is 9.36 Å². The molecule has 2 rings (SSSR count). The normalized spacial score (nSPS) is 10.7. The van der Waals surface area contributed by atoms with Crippen LogP contribution in [0.15, 0.2) is 24.8 Å². The Balaban J connectivity index is 1.88. The maximum absolute atomic E-state index is 5.64. The molecule has 2 aromatic heterocycles. The van der Waals surface area contributed by atoms with E-state index in [4.69, 9.17) is 4.74 Å². The van der Waals surface area contributed by atoms with Gasteiger partial charge in [0.1, 0.15) is 6.61 Å². The van der Waals surface area contributed by atoms with E-state index in [-0.39, 0.29) is 0 Å². The van der Waals surface area contributed by atoms with E-state index >= 15 is 0 Å². The van der Waals surface area contributed by atoms with Crippen molar-refractivity contribution in [2.75, 3.05) is 0 Å². The number of hydrogen-bond acceptors (Lipinski definition) is 3. The van der Waals surface area contributed by atoms with Crippen molar-refractivity contribution in [2.45, 2.75) is 40.0 Å². The molecule has 0 aromatic carbocycles. The van der Waals surface area contributed by atoms with Gasteiger partial charge >= 0.3 is 0 Å². The SMILES string of the molecule is CCCn1cc(OCc2cnn(CC)c2)cn1. The third-order valence-electron chi connectivity index (χ3n) is 2.48. The van der Waals surface area contributed by atoms with Crippen molar-refractivity contribution in [3.8, 4) is 5.75 Å². The Kier molecular flexibility index (Phi) is 3.80. The van der Waals surface area contributed by atoms with Gasteiger partial charge < -0.3 is 4.74 Å². The summed E-state index contributed by atoms with van der Waals surface area (Å²) in [4.78, 5) is 0. The van der Waals surface area contributed by atoms with Gasteiger partial charge in [0, 0.05) is 24.8 Å². The lowest BCUT2D eigenvalue weighted by molar-refractivity contribution is 0.305. The number of rotatable bonds is 6. The lowest BCUT2D eigenvalue weighted by atomic mass is 10.4. The summed E-state index contributed by atoms with van der Waals surface area (Å²) in [7, 11) is 0. The van der Waals surface area contributed by atoms with Crippen molar-refractivity contribution in [3.05, 3.63) is 30.4 Å². The second kappa shape index (κ2) is 5.52. The van der Waals surface area contributed by atoms with Crippen LogP contribution in [-0.4, -0.2) is 19.6 Å². The Labute approximate surface area is 101 Å². The van der Waals surface area contributed by atoms with E-state index in [0.29, 0.717) is 6.61 Å². The second-order valence-electron chi connectivity index (χ2n) is 3.93. The van der Waals surface area contributed by atoms with E-state index in [1.807, 2.05) is 28.0 Å². The van der Waals surface area contributed by atoms with Crippen LogP contribution in [0.5, 0.6) is 5.75 Å². The summed E-state index contributed by atoms with van der Waals surface area (Å²) in [6.07, 6.45) is 8.58. The monoisotopic (exact) mass is 234 g/mol. The van der Waals surface area contributed by atoms with E-state index in [1.54, 1.807) is 6.20 Å². The first-order valence-electron chi connectivity index (χ1n) is 5.98. The molecule has 5 nitrogen and oxygen atoms in total. The third-order valence-corrected chi connectivity index (χ3v) is 2.48. The van der Waals surface area contributed by atoms with Crippen LogP contribution in [0.1, 0.15) is 25.8 Å². The first-order chi connectivity index (χ1) is 8.31. The molecule has 0 aliphatic carbocycles. The van der Waals surface area contributed by atoms with E-state index in [0.717, 1.165) is 30.8 Å². The van der Waals surface area contributed by atoms with Crippen molar-refractivity contribution >= 4 is 0 Å². The zero-order valence-electron chi connectivity index (χ0n) is 10.3. The van der Waals surface area contributed by atoms with Crippen molar-refractivity contribution in [1.29, 1.82) is 0 Å². The highest BCUT2D eigenvalue weighted by Gasteiger charge is 2.01. The van der Waals surface area contributed by atoms with Crippen LogP contribution < -0.4 is 4.74 Å². The highest BCUT2D eigenvalue weighted by Crippen LogP contribution is 2.11. The minimum absolute atomic E-state index is 0.540. The van der Waals surface area contributed by atoms with E-state index in [2.05, 4.69) is 24.0 Å². The van der Waals surface area contributed by atoms with Crippen LogP contribution in [0.4, 0.5) is 0 Å². The first-order valence-corrected chi connectivity index (χ1v) is 5.98. The summed E-state index contributed by atoms with van der Waals surface area (Å²) in [6, 6.07) is 0. The molecule has 2 aromatic rings. The minimum Gasteiger partial charge on any atom is -0.485 e. The number of nitrogens with zero attached hydrogens (tertiary/aromatic N) is 4. The number of aromatic nitrogens is 4. The highest BCUT2D eigenvalue weighted by atomic mass is 16.5. The van der Waals surface area contributed by atoms with Gasteiger partial charge in [0.05, 0.1) is 18.6 Å². The van der Waals surface area contributed by atoms with Gasteiger partial charge in [-0.25, -0.2) is 0 Å². The molecule has 0 aliphatic rings. The molecule has 2 heterocycles. The molecule has 0 saturated carbocycles. The third kappa shape index (κ3) is 3.09.